The van der Waals surface area contributed by atoms with Gasteiger partial charge in [-0.2, -0.15) is 0 Å². The van der Waals surface area contributed by atoms with E-state index < -0.39 is 6.36 Å². The van der Waals surface area contributed by atoms with Crippen molar-refractivity contribution in [1.29, 1.82) is 0 Å². The molecule has 0 N–H and O–H groups in total. The molecular formula is C28H30F3NO4. The SMILES string of the molecule is C=C1C=C(C)N(Cc2ccccc2OCCCCCC(=O)OC)C(c2ccc(OC(F)(F)F)cc2)=C1. The molecule has 0 saturated heterocycles. The van der Waals surface area contributed by atoms with Gasteiger partial charge in [-0.25, -0.2) is 0 Å². The summed E-state index contributed by atoms with van der Waals surface area (Å²) in [5.41, 5.74) is 4.27. The van der Waals surface area contributed by atoms with Crippen molar-refractivity contribution >= 4 is 11.7 Å². The summed E-state index contributed by atoms with van der Waals surface area (Å²) in [5, 5.41) is 0. The summed E-state index contributed by atoms with van der Waals surface area (Å²) in [6.45, 7) is 7.02. The summed E-state index contributed by atoms with van der Waals surface area (Å²) in [5.74, 6) is 0.279. The molecule has 1 heterocycles. The number of methoxy groups -OCH3 is 1. The number of nitrogens with zero attached hydrogens (tertiary/aromatic N) is 1. The normalized spacial score (nSPS) is 13.7. The zero-order valence-electron chi connectivity index (χ0n) is 20.4. The molecule has 0 radical (unpaired) electrons. The fourth-order valence-corrected chi connectivity index (χ4v) is 3.89. The predicted molar refractivity (Wildman–Crippen MR) is 132 cm³/mol. The number of hydrogen-bond acceptors (Lipinski definition) is 5. The quantitative estimate of drug-likeness (QED) is 0.245. The van der Waals surface area contributed by atoms with Crippen LogP contribution in [0.3, 0.4) is 0 Å². The van der Waals surface area contributed by atoms with E-state index in [1.165, 1.54) is 19.2 Å². The summed E-state index contributed by atoms with van der Waals surface area (Å²) in [6.07, 6.45) is 1.93. The van der Waals surface area contributed by atoms with Crippen LogP contribution in [0.1, 0.15) is 43.7 Å². The Morgan fingerprint density at radius 2 is 1.72 bits per heavy atom. The number of carbonyl (C=O) groups is 1. The number of unbranched alkanes of at least 4 members (excludes halogenated alkanes) is 2. The number of allylic oxidation sites excluding steroid dienone is 4. The van der Waals surface area contributed by atoms with Gasteiger partial charge in [0, 0.05) is 23.4 Å². The molecule has 192 valence electrons. The Bertz CT molecular complexity index is 1120. The lowest BCUT2D eigenvalue weighted by molar-refractivity contribution is -0.274. The molecule has 8 heteroatoms. The van der Waals surface area contributed by atoms with E-state index in [0.717, 1.165) is 53.1 Å². The first kappa shape index (κ1) is 26.9. The van der Waals surface area contributed by atoms with Gasteiger partial charge in [-0.1, -0.05) is 24.8 Å². The maximum atomic E-state index is 12.5. The van der Waals surface area contributed by atoms with Gasteiger partial charge >= 0.3 is 12.3 Å². The number of halogens is 3. The third-order valence-corrected chi connectivity index (χ3v) is 5.63. The summed E-state index contributed by atoms with van der Waals surface area (Å²) in [7, 11) is 1.38. The Labute approximate surface area is 209 Å². The van der Waals surface area contributed by atoms with Crippen molar-refractivity contribution in [2.24, 2.45) is 0 Å². The lowest BCUT2D eigenvalue weighted by atomic mass is 10.0. The molecule has 0 fully saturated rings. The first-order valence-electron chi connectivity index (χ1n) is 11.7. The predicted octanol–water partition coefficient (Wildman–Crippen LogP) is 7.01. The average molecular weight is 502 g/mol. The van der Waals surface area contributed by atoms with Crippen LogP contribution in [0, 0.1) is 0 Å². The zero-order chi connectivity index (χ0) is 26.1. The van der Waals surface area contributed by atoms with Gasteiger partial charge in [0.15, 0.2) is 0 Å². The minimum Gasteiger partial charge on any atom is -0.493 e. The van der Waals surface area contributed by atoms with Crippen LogP contribution in [-0.2, 0) is 16.1 Å². The van der Waals surface area contributed by atoms with Crippen LogP contribution in [0.15, 0.2) is 78.5 Å². The molecule has 0 spiro atoms. The summed E-state index contributed by atoms with van der Waals surface area (Å²) in [4.78, 5) is 13.3. The van der Waals surface area contributed by atoms with Gasteiger partial charge in [0.2, 0.25) is 0 Å². The Morgan fingerprint density at radius 3 is 2.42 bits per heavy atom. The fraction of sp³-hybridized carbons (Fsp3) is 0.321. The highest BCUT2D eigenvalue weighted by Gasteiger charge is 2.31. The maximum Gasteiger partial charge on any atom is 0.573 e. The molecule has 1 aliphatic heterocycles. The highest BCUT2D eigenvalue weighted by molar-refractivity contribution is 5.72. The first-order chi connectivity index (χ1) is 17.2. The zero-order valence-corrected chi connectivity index (χ0v) is 20.4. The molecule has 5 nitrogen and oxygen atoms in total. The fourth-order valence-electron chi connectivity index (χ4n) is 3.89. The molecule has 0 unspecified atom stereocenters. The van der Waals surface area contributed by atoms with Crippen LogP contribution in [0.5, 0.6) is 11.5 Å². The highest BCUT2D eigenvalue weighted by Crippen LogP contribution is 2.34. The largest absolute Gasteiger partial charge is 0.573 e. The molecule has 0 aromatic heterocycles. The second kappa shape index (κ2) is 12.3. The molecule has 0 bridgehead atoms. The van der Waals surface area contributed by atoms with Gasteiger partial charge < -0.3 is 19.1 Å². The molecule has 2 aromatic rings. The Kier molecular flexibility index (Phi) is 9.22. The van der Waals surface area contributed by atoms with Crippen molar-refractivity contribution in [2.75, 3.05) is 13.7 Å². The smallest absolute Gasteiger partial charge is 0.493 e. The molecule has 0 aliphatic carbocycles. The number of benzene rings is 2. The van der Waals surface area contributed by atoms with Gasteiger partial charge in [0.05, 0.1) is 20.3 Å². The van der Waals surface area contributed by atoms with Gasteiger partial charge in [-0.3, -0.25) is 4.79 Å². The number of rotatable bonds is 11. The first-order valence-corrected chi connectivity index (χ1v) is 11.7. The van der Waals surface area contributed by atoms with Crippen LogP contribution in [0.2, 0.25) is 0 Å². The van der Waals surface area contributed by atoms with Crippen molar-refractivity contribution in [2.45, 2.75) is 45.5 Å². The van der Waals surface area contributed by atoms with E-state index in [4.69, 9.17) is 4.74 Å². The number of esters is 1. The molecule has 3 rings (SSSR count). The lowest BCUT2D eigenvalue weighted by Gasteiger charge is -2.32. The van der Waals surface area contributed by atoms with Gasteiger partial charge in [0.25, 0.3) is 0 Å². The molecule has 2 aromatic carbocycles. The average Bonchev–Trinajstić information content (AvgIpc) is 2.83. The van der Waals surface area contributed by atoms with Crippen LogP contribution in [0.4, 0.5) is 13.2 Å². The molecule has 0 amide bonds. The molecule has 0 saturated carbocycles. The highest BCUT2D eigenvalue weighted by atomic mass is 19.4. The lowest BCUT2D eigenvalue weighted by Crippen LogP contribution is -2.23. The second-order valence-corrected chi connectivity index (χ2v) is 8.39. The van der Waals surface area contributed by atoms with E-state index in [1.807, 2.05) is 43.3 Å². The number of carbonyl (C=O) groups excluding carboxylic acids is 1. The third kappa shape index (κ3) is 7.93. The van der Waals surface area contributed by atoms with Crippen LogP contribution < -0.4 is 9.47 Å². The van der Waals surface area contributed by atoms with E-state index in [1.54, 1.807) is 12.1 Å². The molecular weight excluding hydrogens is 471 g/mol. The van der Waals surface area contributed by atoms with Crippen LogP contribution in [0.25, 0.3) is 5.70 Å². The van der Waals surface area contributed by atoms with Gasteiger partial charge in [0.1, 0.15) is 11.5 Å². The Morgan fingerprint density at radius 1 is 1.00 bits per heavy atom. The van der Waals surface area contributed by atoms with Crippen molar-refractivity contribution in [1.82, 2.24) is 4.90 Å². The number of hydrogen-bond donors (Lipinski definition) is 0. The molecule has 36 heavy (non-hydrogen) atoms. The topological polar surface area (TPSA) is 48.0 Å². The monoisotopic (exact) mass is 501 g/mol. The number of ether oxygens (including phenoxy) is 3. The van der Waals surface area contributed by atoms with Crippen molar-refractivity contribution in [3.8, 4) is 11.5 Å². The standard InChI is InChI=1S/C28H30F3NO4/c1-20-17-21(2)32(25(18-20)22-12-14-24(15-13-22)36-28(29,30)31)19-23-9-6-7-10-26(23)35-16-8-4-5-11-27(33)34-3/h6-7,9-10,12-15,17-18H,1,4-5,8,11,16,19H2,2-3H3. The summed E-state index contributed by atoms with van der Waals surface area (Å²) >= 11 is 0. The minimum absolute atomic E-state index is 0.208. The second-order valence-electron chi connectivity index (χ2n) is 8.39. The molecule has 0 atom stereocenters. The van der Waals surface area contributed by atoms with E-state index in [2.05, 4.69) is 21.0 Å². The minimum atomic E-state index is -4.74. The van der Waals surface area contributed by atoms with E-state index in [-0.39, 0.29) is 11.7 Å². The van der Waals surface area contributed by atoms with Gasteiger partial charge in [-0.05, 0) is 79.8 Å². The van der Waals surface area contributed by atoms with Gasteiger partial charge in [-0.15, -0.1) is 13.2 Å². The Hall–Kier alpha value is -3.68. The maximum absolute atomic E-state index is 12.5. The van der Waals surface area contributed by atoms with E-state index >= 15 is 0 Å². The number of para-hydroxylation sites is 1. The molecule has 1 aliphatic rings. The number of alkyl halides is 3. The Balaban J connectivity index is 1.70. The summed E-state index contributed by atoms with van der Waals surface area (Å²) in [6, 6.07) is 13.6. The van der Waals surface area contributed by atoms with E-state index in [0.29, 0.717) is 19.6 Å². The van der Waals surface area contributed by atoms with Crippen LogP contribution >= 0.6 is 0 Å². The van der Waals surface area contributed by atoms with Crippen LogP contribution in [-0.4, -0.2) is 30.9 Å². The van der Waals surface area contributed by atoms with Crippen molar-refractivity contribution < 1.29 is 32.2 Å². The summed E-state index contributed by atoms with van der Waals surface area (Å²) < 4.78 is 52.3. The van der Waals surface area contributed by atoms with Crippen molar-refractivity contribution in [3.63, 3.8) is 0 Å². The van der Waals surface area contributed by atoms with E-state index in [9.17, 15) is 18.0 Å². The third-order valence-electron chi connectivity index (χ3n) is 5.63. The van der Waals surface area contributed by atoms with Crippen molar-refractivity contribution in [3.05, 3.63) is 89.7 Å².